The van der Waals surface area contributed by atoms with Crippen LogP contribution >= 0.6 is 11.6 Å². The van der Waals surface area contributed by atoms with Crippen molar-refractivity contribution < 1.29 is 9.47 Å². The lowest BCUT2D eigenvalue weighted by Crippen LogP contribution is -2.35. The van der Waals surface area contributed by atoms with Crippen molar-refractivity contribution in [3.63, 3.8) is 0 Å². The molecule has 0 saturated carbocycles. The molecule has 1 aliphatic heterocycles. The van der Waals surface area contributed by atoms with Crippen LogP contribution in [0.2, 0.25) is 5.02 Å². The summed E-state index contributed by atoms with van der Waals surface area (Å²) in [4.78, 5) is 0. The van der Waals surface area contributed by atoms with Gasteiger partial charge in [0.05, 0.1) is 19.8 Å². The molecule has 94 valence electrons. The maximum atomic E-state index is 5.97. The van der Waals surface area contributed by atoms with Gasteiger partial charge in [0.25, 0.3) is 0 Å². The summed E-state index contributed by atoms with van der Waals surface area (Å²) in [5.41, 5.74) is 1.01. The van der Waals surface area contributed by atoms with Crippen LogP contribution in [0.3, 0.4) is 0 Å². The van der Waals surface area contributed by atoms with Gasteiger partial charge in [-0.2, -0.15) is 0 Å². The molecule has 1 N–H and O–H groups in total. The van der Waals surface area contributed by atoms with Crippen LogP contribution in [-0.4, -0.2) is 26.3 Å². The minimum Gasteiger partial charge on any atom is -0.496 e. The SMILES string of the molecule is COc1ccc(Cl)cc1CO[C@H]1CCCNC1. The summed E-state index contributed by atoms with van der Waals surface area (Å²) in [6.45, 7) is 2.58. The fraction of sp³-hybridized carbons (Fsp3) is 0.538. The molecule has 0 spiro atoms. The van der Waals surface area contributed by atoms with Crippen LogP contribution in [0.4, 0.5) is 0 Å². The Labute approximate surface area is 107 Å². The van der Waals surface area contributed by atoms with Crippen molar-refractivity contribution in [3.05, 3.63) is 28.8 Å². The third-order valence-electron chi connectivity index (χ3n) is 2.97. The van der Waals surface area contributed by atoms with Gasteiger partial charge >= 0.3 is 0 Å². The van der Waals surface area contributed by atoms with E-state index < -0.39 is 0 Å². The van der Waals surface area contributed by atoms with Crippen molar-refractivity contribution in [1.29, 1.82) is 0 Å². The second-order valence-corrected chi connectivity index (χ2v) is 4.67. The lowest BCUT2D eigenvalue weighted by molar-refractivity contribution is 0.0244. The van der Waals surface area contributed by atoms with E-state index in [1.807, 2.05) is 18.2 Å². The summed E-state index contributed by atoms with van der Waals surface area (Å²) < 4.78 is 11.2. The zero-order chi connectivity index (χ0) is 12.1. The van der Waals surface area contributed by atoms with E-state index in [4.69, 9.17) is 21.1 Å². The van der Waals surface area contributed by atoms with Crippen molar-refractivity contribution >= 4 is 11.6 Å². The average molecular weight is 256 g/mol. The topological polar surface area (TPSA) is 30.5 Å². The molecule has 0 bridgehead atoms. The lowest BCUT2D eigenvalue weighted by Gasteiger charge is -2.23. The summed E-state index contributed by atoms with van der Waals surface area (Å²) in [6, 6.07) is 5.60. The van der Waals surface area contributed by atoms with E-state index in [0.29, 0.717) is 17.7 Å². The summed E-state index contributed by atoms with van der Waals surface area (Å²) in [6.07, 6.45) is 2.60. The Morgan fingerprint density at radius 3 is 3.06 bits per heavy atom. The van der Waals surface area contributed by atoms with E-state index in [-0.39, 0.29) is 0 Å². The van der Waals surface area contributed by atoms with E-state index in [2.05, 4.69) is 5.32 Å². The fourth-order valence-corrected chi connectivity index (χ4v) is 2.22. The van der Waals surface area contributed by atoms with Crippen LogP contribution in [0.25, 0.3) is 0 Å². The third kappa shape index (κ3) is 3.60. The molecule has 4 heteroatoms. The normalized spacial score (nSPS) is 20.2. The summed E-state index contributed by atoms with van der Waals surface area (Å²) in [5.74, 6) is 0.832. The Hall–Kier alpha value is -0.770. The van der Waals surface area contributed by atoms with Gasteiger partial charge in [0.15, 0.2) is 0 Å². The van der Waals surface area contributed by atoms with E-state index in [0.717, 1.165) is 30.8 Å². The molecule has 0 aromatic heterocycles. The molecule has 1 atom stereocenters. The molecule has 1 aromatic rings. The number of methoxy groups -OCH3 is 1. The summed E-state index contributed by atoms with van der Waals surface area (Å²) in [7, 11) is 1.66. The van der Waals surface area contributed by atoms with Gasteiger partial charge in [0, 0.05) is 17.1 Å². The molecule has 2 rings (SSSR count). The summed E-state index contributed by atoms with van der Waals surface area (Å²) in [5, 5.41) is 4.04. The van der Waals surface area contributed by atoms with Crippen LogP contribution in [-0.2, 0) is 11.3 Å². The maximum Gasteiger partial charge on any atom is 0.124 e. The van der Waals surface area contributed by atoms with Gasteiger partial charge in [-0.1, -0.05) is 11.6 Å². The Morgan fingerprint density at radius 1 is 1.47 bits per heavy atom. The van der Waals surface area contributed by atoms with Crippen molar-refractivity contribution in [2.45, 2.75) is 25.6 Å². The second kappa shape index (κ2) is 6.24. The minimum atomic E-state index is 0.299. The van der Waals surface area contributed by atoms with Gasteiger partial charge in [0.2, 0.25) is 0 Å². The van der Waals surface area contributed by atoms with Crippen LogP contribution in [0.15, 0.2) is 18.2 Å². The fourth-order valence-electron chi connectivity index (χ4n) is 2.03. The average Bonchev–Trinajstić information content (AvgIpc) is 2.38. The van der Waals surface area contributed by atoms with Crippen molar-refractivity contribution in [1.82, 2.24) is 5.32 Å². The Kier molecular flexibility index (Phi) is 4.66. The molecule has 1 saturated heterocycles. The first-order valence-electron chi connectivity index (χ1n) is 5.94. The molecule has 1 fully saturated rings. The highest BCUT2D eigenvalue weighted by atomic mass is 35.5. The van der Waals surface area contributed by atoms with Crippen molar-refractivity contribution in [2.24, 2.45) is 0 Å². The number of piperidine rings is 1. The number of halogens is 1. The molecular formula is C13H18ClNO2. The van der Waals surface area contributed by atoms with E-state index in [1.54, 1.807) is 7.11 Å². The molecule has 17 heavy (non-hydrogen) atoms. The highest BCUT2D eigenvalue weighted by molar-refractivity contribution is 6.30. The quantitative estimate of drug-likeness (QED) is 0.897. The number of benzene rings is 1. The Morgan fingerprint density at radius 2 is 2.35 bits per heavy atom. The minimum absolute atomic E-state index is 0.299. The second-order valence-electron chi connectivity index (χ2n) is 4.24. The number of nitrogens with one attached hydrogen (secondary N) is 1. The third-order valence-corrected chi connectivity index (χ3v) is 3.20. The predicted octanol–water partition coefficient (Wildman–Crippen LogP) is 2.62. The predicted molar refractivity (Wildman–Crippen MR) is 68.7 cm³/mol. The maximum absolute atomic E-state index is 5.97. The molecule has 1 aliphatic rings. The molecule has 0 amide bonds. The molecule has 1 aromatic carbocycles. The van der Waals surface area contributed by atoms with Crippen molar-refractivity contribution in [3.8, 4) is 5.75 Å². The smallest absolute Gasteiger partial charge is 0.124 e. The number of hydrogen-bond donors (Lipinski definition) is 1. The van der Waals surface area contributed by atoms with E-state index >= 15 is 0 Å². The number of ether oxygens (including phenoxy) is 2. The zero-order valence-corrected chi connectivity index (χ0v) is 10.8. The van der Waals surface area contributed by atoms with Gasteiger partial charge in [-0.3, -0.25) is 0 Å². The first-order valence-corrected chi connectivity index (χ1v) is 6.32. The molecule has 0 unspecified atom stereocenters. The largest absolute Gasteiger partial charge is 0.496 e. The lowest BCUT2D eigenvalue weighted by atomic mass is 10.1. The summed E-state index contributed by atoms with van der Waals surface area (Å²) >= 11 is 5.97. The number of rotatable bonds is 4. The van der Waals surface area contributed by atoms with Crippen LogP contribution in [0.1, 0.15) is 18.4 Å². The molecular weight excluding hydrogens is 238 g/mol. The Bertz CT molecular complexity index is 364. The van der Waals surface area contributed by atoms with Gasteiger partial charge < -0.3 is 14.8 Å². The molecule has 0 radical (unpaired) electrons. The molecule has 3 nitrogen and oxygen atoms in total. The van der Waals surface area contributed by atoms with Crippen LogP contribution in [0, 0.1) is 0 Å². The van der Waals surface area contributed by atoms with Gasteiger partial charge in [-0.25, -0.2) is 0 Å². The first-order chi connectivity index (χ1) is 8.29. The van der Waals surface area contributed by atoms with Gasteiger partial charge in [-0.05, 0) is 37.6 Å². The standard InChI is InChI=1S/C13H18ClNO2/c1-16-13-5-4-11(14)7-10(13)9-17-12-3-2-6-15-8-12/h4-5,7,12,15H,2-3,6,8-9H2,1H3/t12-/m0/s1. The Balaban J connectivity index is 1.95. The molecule has 1 heterocycles. The highest BCUT2D eigenvalue weighted by Crippen LogP contribution is 2.24. The van der Waals surface area contributed by atoms with Crippen molar-refractivity contribution in [2.75, 3.05) is 20.2 Å². The van der Waals surface area contributed by atoms with Crippen LogP contribution < -0.4 is 10.1 Å². The zero-order valence-electron chi connectivity index (χ0n) is 10.0. The van der Waals surface area contributed by atoms with Gasteiger partial charge in [0.1, 0.15) is 5.75 Å². The van der Waals surface area contributed by atoms with E-state index in [1.165, 1.54) is 6.42 Å². The van der Waals surface area contributed by atoms with Crippen LogP contribution in [0.5, 0.6) is 5.75 Å². The van der Waals surface area contributed by atoms with Gasteiger partial charge in [-0.15, -0.1) is 0 Å². The number of hydrogen-bond acceptors (Lipinski definition) is 3. The van der Waals surface area contributed by atoms with E-state index in [9.17, 15) is 0 Å². The monoisotopic (exact) mass is 255 g/mol. The molecule has 0 aliphatic carbocycles. The highest BCUT2D eigenvalue weighted by Gasteiger charge is 2.14. The first kappa shape index (κ1) is 12.7.